The van der Waals surface area contributed by atoms with Crippen LogP contribution in [0.2, 0.25) is 0 Å². The number of benzene rings is 4. The summed E-state index contributed by atoms with van der Waals surface area (Å²) in [7, 11) is 0. The van der Waals surface area contributed by atoms with Crippen molar-refractivity contribution in [1.82, 2.24) is 0 Å². The number of para-hydroxylation sites is 1. The number of anilines is 1. The van der Waals surface area contributed by atoms with Crippen LogP contribution in [0.4, 0.5) is 5.69 Å². The van der Waals surface area contributed by atoms with Crippen LogP contribution < -0.4 is 21.6 Å². The predicted molar refractivity (Wildman–Crippen MR) is 129 cm³/mol. The van der Waals surface area contributed by atoms with E-state index in [1.165, 1.54) is 15.9 Å². The third-order valence-electron chi connectivity index (χ3n) is 5.41. The number of hydrogen-bond donors (Lipinski definition) is 1. The van der Waals surface area contributed by atoms with Crippen molar-refractivity contribution in [3.8, 4) is 0 Å². The van der Waals surface area contributed by atoms with Crippen molar-refractivity contribution in [2.24, 2.45) is 0 Å². The first-order chi connectivity index (χ1) is 13.6. The van der Waals surface area contributed by atoms with Crippen LogP contribution in [-0.4, -0.2) is 0 Å². The molecule has 0 heterocycles. The normalized spacial score (nSPS) is 12.8. The van der Waals surface area contributed by atoms with Gasteiger partial charge in [-0.15, -0.1) is 0 Å². The summed E-state index contributed by atoms with van der Waals surface area (Å²) in [6, 6.07) is 40.6. The number of rotatable bonds is 5. The van der Waals surface area contributed by atoms with Crippen LogP contribution >= 0.6 is 20.8 Å². The van der Waals surface area contributed by atoms with Gasteiger partial charge < -0.3 is 0 Å². The summed E-state index contributed by atoms with van der Waals surface area (Å²) < 4.78 is 0. The van der Waals surface area contributed by atoms with Crippen LogP contribution in [0.25, 0.3) is 0 Å². The van der Waals surface area contributed by atoms with Crippen molar-refractivity contribution in [3.05, 3.63) is 121 Å². The Kier molecular flexibility index (Phi) is 5.10. The quantitative estimate of drug-likeness (QED) is 0.312. The van der Waals surface area contributed by atoms with E-state index in [0.717, 1.165) is 17.4 Å². The SMILES string of the molecule is Nc1ccccc1CP(Br)(c1ccccc1)(c1ccccc1)c1ccccc1. The Balaban J connectivity index is 2.11. The van der Waals surface area contributed by atoms with Gasteiger partial charge in [0.25, 0.3) is 0 Å². The van der Waals surface area contributed by atoms with E-state index in [4.69, 9.17) is 5.73 Å². The van der Waals surface area contributed by atoms with Gasteiger partial charge >= 0.3 is 175 Å². The van der Waals surface area contributed by atoms with Crippen LogP contribution in [0.5, 0.6) is 0 Å². The van der Waals surface area contributed by atoms with Crippen LogP contribution in [-0.2, 0) is 6.16 Å². The summed E-state index contributed by atoms with van der Waals surface area (Å²) in [4.78, 5) is 0. The van der Waals surface area contributed by atoms with Crippen LogP contribution in [0, 0.1) is 0 Å². The van der Waals surface area contributed by atoms with Gasteiger partial charge in [0.15, 0.2) is 0 Å². The average Bonchev–Trinajstić information content (AvgIpc) is 2.77. The standard InChI is InChI=1S/C25H23BrNP/c26-28(22-13-4-1-5-14-22,23-15-6-2-7-16-23,24-17-8-3-9-18-24)20-21-12-10-11-19-25(21)27/h1-19H,20,27H2. The molecule has 4 rings (SSSR count). The third kappa shape index (κ3) is 3.07. The van der Waals surface area contributed by atoms with Gasteiger partial charge in [-0.05, 0) is 0 Å². The molecule has 0 spiro atoms. The second-order valence-electron chi connectivity index (χ2n) is 7.05. The summed E-state index contributed by atoms with van der Waals surface area (Å²) in [5, 5.41) is 0.921. The molecule has 3 heteroatoms. The predicted octanol–water partition coefficient (Wildman–Crippen LogP) is 5.61. The number of halogens is 1. The van der Waals surface area contributed by atoms with E-state index in [9.17, 15) is 0 Å². The van der Waals surface area contributed by atoms with Crippen molar-refractivity contribution >= 4 is 42.4 Å². The van der Waals surface area contributed by atoms with Gasteiger partial charge in [0.1, 0.15) is 0 Å². The molecule has 0 unspecified atom stereocenters. The van der Waals surface area contributed by atoms with E-state index in [1.807, 2.05) is 12.1 Å². The Morgan fingerprint density at radius 2 is 0.893 bits per heavy atom. The summed E-state index contributed by atoms with van der Waals surface area (Å²) >= 11 is 4.46. The van der Waals surface area contributed by atoms with E-state index in [-0.39, 0.29) is 0 Å². The molecule has 0 saturated carbocycles. The zero-order chi connectivity index (χ0) is 19.5. The Bertz CT molecular complexity index is 966. The van der Waals surface area contributed by atoms with Gasteiger partial charge in [-0.1, -0.05) is 0 Å². The molecule has 140 valence electrons. The molecule has 28 heavy (non-hydrogen) atoms. The van der Waals surface area contributed by atoms with Gasteiger partial charge in [0.2, 0.25) is 0 Å². The van der Waals surface area contributed by atoms with Gasteiger partial charge in [0.05, 0.1) is 0 Å². The van der Waals surface area contributed by atoms with Crippen LogP contribution in [0.15, 0.2) is 115 Å². The molecule has 1 nitrogen and oxygen atoms in total. The minimum absolute atomic E-state index is 0.816. The average molecular weight is 448 g/mol. The molecule has 0 amide bonds. The summed E-state index contributed by atoms with van der Waals surface area (Å²) in [6.45, 7) is 0. The first-order valence-corrected chi connectivity index (χ1v) is 13.8. The number of nitrogen functional groups attached to an aromatic ring is 1. The molecule has 4 aromatic carbocycles. The molecule has 0 fully saturated rings. The van der Waals surface area contributed by atoms with Crippen molar-refractivity contribution in [2.45, 2.75) is 6.16 Å². The molecular formula is C25H23BrNP. The Hall–Kier alpha value is -2.41. The topological polar surface area (TPSA) is 26.0 Å². The fraction of sp³-hybridized carbons (Fsp3) is 0.0400. The fourth-order valence-electron chi connectivity index (χ4n) is 3.94. The van der Waals surface area contributed by atoms with Crippen molar-refractivity contribution in [2.75, 3.05) is 5.73 Å². The molecule has 0 aliphatic rings. The number of hydrogen-bond acceptors (Lipinski definition) is 1. The van der Waals surface area contributed by atoms with Gasteiger partial charge in [-0.25, -0.2) is 0 Å². The molecule has 0 saturated heterocycles. The molecular weight excluding hydrogens is 425 g/mol. The van der Waals surface area contributed by atoms with Crippen LogP contribution in [0.3, 0.4) is 0 Å². The second-order valence-corrected chi connectivity index (χ2v) is 16.0. The summed E-state index contributed by atoms with van der Waals surface area (Å²) in [6.07, 6.45) is 0.816. The van der Waals surface area contributed by atoms with Gasteiger partial charge in [-0.2, -0.15) is 0 Å². The van der Waals surface area contributed by atoms with E-state index in [2.05, 4.69) is 119 Å². The fourth-order valence-corrected chi connectivity index (χ4v) is 11.6. The first kappa shape index (κ1) is 18.9. The van der Waals surface area contributed by atoms with Crippen molar-refractivity contribution in [1.29, 1.82) is 0 Å². The molecule has 0 aliphatic carbocycles. The molecule has 0 radical (unpaired) electrons. The Morgan fingerprint density at radius 1 is 0.536 bits per heavy atom. The summed E-state index contributed by atoms with van der Waals surface area (Å²) in [5.41, 5.74) is 8.41. The molecule has 0 aliphatic heterocycles. The van der Waals surface area contributed by atoms with E-state index >= 15 is 0 Å². The maximum atomic E-state index is 6.42. The Labute approximate surface area is 174 Å². The van der Waals surface area contributed by atoms with Crippen LogP contribution in [0.1, 0.15) is 5.56 Å². The zero-order valence-corrected chi connectivity index (χ0v) is 18.1. The molecule has 0 atom stereocenters. The molecule has 2 N–H and O–H groups in total. The molecule has 4 aromatic rings. The molecule has 0 aromatic heterocycles. The van der Waals surface area contributed by atoms with Crippen molar-refractivity contribution < 1.29 is 0 Å². The maximum absolute atomic E-state index is 6.42. The zero-order valence-electron chi connectivity index (χ0n) is 15.6. The van der Waals surface area contributed by atoms with E-state index < -0.39 is 5.31 Å². The number of nitrogens with two attached hydrogens (primary N) is 1. The van der Waals surface area contributed by atoms with Crippen molar-refractivity contribution in [3.63, 3.8) is 0 Å². The van der Waals surface area contributed by atoms with Gasteiger partial charge in [-0.3, -0.25) is 0 Å². The molecule has 0 bridgehead atoms. The minimum atomic E-state index is -2.98. The van der Waals surface area contributed by atoms with E-state index in [0.29, 0.717) is 0 Å². The monoisotopic (exact) mass is 447 g/mol. The third-order valence-corrected chi connectivity index (χ3v) is 14.9. The van der Waals surface area contributed by atoms with Gasteiger partial charge in [0, 0.05) is 0 Å². The second kappa shape index (κ2) is 7.54. The Morgan fingerprint density at radius 3 is 1.29 bits per heavy atom. The summed E-state index contributed by atoms with van der Waals surface area (Å²) in [5.74, 6) is 0. The first-order valence-electron chi connectivity index (χ1n) is 9.36. The van der Waals surface area contributed by atoms with E-state index in [1.54, 1.807) is 0 Å².